The van der Waals surface area contributed by atoms with Gasteiger partial charge in [-0.25, -0.2) is 4.79 Å². The maximum atomic E-state index is 10.7. The molecule has 0 aliphatic rings. The topological polar surface area (TPSA) is 54.4 Å². The van der Waals surface area contributed by atoms with Gasteiger partial charge in [-0.1, -0.05) is 12.1 Å². The number of carboxylic acids is 1. The predicted molar refractivity (Wildman–Crippen MR) is 47.8 cm³/mol. The molecule has 0 saturated carbocycles. The summed E-state index contributed by atoms with van der Waals surface area (Å²) in [6.45, 7) is 1.51. The number of aromatic carboxylic acids is 1. The third-order valence-electron chi connectivity index (χ3n) is 1.65. The highest BCUT2D eigenvalue weighted by molar-refractivity contribution is 5.87. The van der Waals surface area contributed by atoms with Crippen LogP contribution in [0.2, 0.25) is 0 Å². The molecule has 0 amide bonds. The molecule has 68 valence electrons. The molecule has 0 aliphatic heterocycles. The van der Waals surface area contributed by atoms with Gasteiger partial charge in [-0.2, -0.15) is 0 Å². The standard InChI is InChI=1S/C10H10O3/c1-7(11)6-8-2-4-9(5-3-8)10(12)13/h2-5H,6H2,1H3,(H,12,13). The van der Waals surface area contributed by atoms with Gasteiger partial charge in [-0.3, -0.25) is 4.79 Å². The minimum Gasteiger partial charge on any atom is -0.478 e. The molecule has 0 aliphatic carbocycles. The molecule has 3 nitrogen and oxygen atoms in total. The van der Waals surface area contributed by atoms with Crippen LogP contribution < -0.4 is 0 Å². The molecule has 0 saturated heterocycles. The van der Waals surface area contributed by atoms with E-state index in [4.69, 9.17) is 5.11 Å². The summed E-state index contributed by atoms with van der Waals surface area (Å²) in [4.78, 5) is 21.2. The lowest BCUT2D eigenvalue weighted by atomic mass is 10.1. The molecule has 0 fully saturated rings. The number of carbonyl (C=O) groups is 2. The summed E-state index contributed by atoms with van der Waals surface area (Å²) in [6, 6.07) is 6.32. The Morgan fingerprint density at radius 3 is 2.15 bits per heavy atom. The van der Waals surface area contributed by atoms with Crippen LogP contribution >= 0.6 is 0 Å². The van der Waals surface area contributed by atoms with Crippen LogP contribution in [-0.2, 0) is 11.2 Å². The van der Waals surface area contributed by atoms with Gasteiger partial charge in [-0.05, 0) is 24.6 Å². The van der Waals surface area contributed by atoms with Gasteiger partial charge in [0.15, 0.2) is 0 Å². The molecular formula is C10H10O3. The van der Waals surface area contributed by atoms with E-state index in [-0.39, 0.29) is 11.3 Å². The maximum absolute atomic E-state index is 10.7. The molecule has 1 aromatic rings. The van der Waals surface area contributed by atoms with E-state index in [2.05, 4.69) is 0 Å². The molecule has 0 spiro atoms. The SMILES string of the molecule is CC(=O)Cc1ccc(C(=O)O)cc1. The minimum atomic E-state index is -0.950. The lowest BCUT2D eigenvalue weighted by Crippen LogP contribution is -1.99. The Morgan fingerprint density at radius 1 is 1.23 bits per heavy atom. The van der Waals surface area contributed by atoms with Crippen molar-refractivity contribution in [3.8, 4) is 0 Å². The van der Waals surface area contributed by atoms with Crippen LogP contribution in [0.5, 0.6) is 0 Å². The summed E-state index contributed by atoms with van der Waals surface area (Å²) in [5.74, 6) is -0.877. The molecule has 0 heterocycles. The number of carbonyl (C=O) groups excluding carboxylic acids is 1. The quantitative estimate of drug-likeness (QED) is 0.763. The third kappa shape index (κ3) is 2.71. The molecule has 1 N–H and O–H groups in total. The molecule has 13 heavy (non-hydrogen) atoms. The van der Waals surface area contributed by atoms with E-state index in [1.165, 1.54) is 19.1 Å². The van der Waals surface area contributed by atoms with E-state index >= 15 is 0 Å². The lowest BCUT2D eigenvalue weighted by Gasteiger charge is -1.98. The monoisotopic (exact) mass is 178 g/mol. The Morgan fingerprint density at radius 2 is 1.77 bits per heavy atom. The Bertz CT molecular complexity index is 325. The highest BCUT2D eigenvalue weighted by atomic mass is 16.4. The van der Waals surface area contributed by atoms with Crippen LogP contribution in [0, 0.1) is 0 Å². The largest absolute Gasteiger partial charge is 0.478 e. The van der Waals surface area contributed by atoms with Gasteiger partial charge in [0.1, 0.15) is 5.78 Å². The van der Waals surface area contributed by atoms with Crippen LogP contribution in [0.25, 0.3) is 0 Å². The van der Waals surface area contributed by atoms with E-state index in [0.29, 0.717) is 6.42 Å². The molecule has 1 aromatic carbocycles. The van der Waals surface area contributed by atoms with Gasteiger partial charge in [-0.15, -0.1) is 0 Å². The first-order chi connectivity index (χ1) is 6.09. The van der Waals surface area contributed by atoms with Crippen molar-refractivity contribution < 1.29 is 14.7 Å². The molecule has 0 bridgehead atoms. The first kappa shape index (κ1) is 9.45. The number of rotatable bonds is 3. The van der Waals surface area contributed by atoms with Crippen molar-refractivity contribution >= 4 is 11.8 Å². The van der Waals surface area contributed by atoms with Crippen LogP contribution in [-0.4, -0.2) is 16.9 Å². The zero-order valence-electron chi connectivity index (χ0n) is 7.28. The molecule has 0 radical (unpaired) electrons. The molecule has 0 aromatic heterocycles. The first-order valence-corrected chi connectivity index (χ1v) is 3.91. The first-order valence-electron chi connectivity index (χ1n) is 3.91. The Kier molecular flexibility index (Phi) is 2.80. The van der Waals surface area contributed by atoms with Gasteiger partial charge in [0.25, 0.3) is 0 Å². The second kappa shape index (κ2) is 3.85. The lowest BCUT2D eigenvalue weighted by molar-refractivity contribution is -0.116. The second-order valence-corrected chi connectivity index (χ2v) is 2.88. The smallest absolute Gasteiger partial charge is 0.335 e. The molecule has 0 unspecified atom stereocenters. The fourth-order valence-corrected chi connectivity index (χ4v) is 1.05. The molecule has 1 rings (SSSR count). The van der Waals surface area contributed by atoms with Crippen molar-refractivity contribution in [3.63, 3.8) is 0 Å². The zero-order valence-corrected chi connectivity index (χ0v) is 7.28. The number of carboxylic acid groups (broad SMARTS) is 1. The van der Waals surface area contributed by atoms with Gasteiger partial charge in [0.2, 0.25) is 0 Å². The van der Waals surface area contributed by atoms with E-state index in [0.717, 1.165) is 5.56 Å². The summed E-state index contributed by atoms with van der Waals surface area (Å²) in [5, 5.41) is 8.59. The number of hydrogen-bond acceptors (Lipinski definition) is 2. The summed E-state index contributed by atoms with van der Waals surface area (Å²) in [7, 11) is 0. The second-order valence-electron chi connectivity index (χ2n) is 2.88. The molecule has 0 atom stereocenters. The number of Topliss-reactive ketones (excluding diaryl/α,β-unsaturated/α-hetero) is 1. The Balaban J connectivity index is 2.81. The normalized spacial score (nSPS) is 9.62. The Labute approximate surface area is 76.0 Å². The highest BCUT2D eigenvalue weighted by Crippen LogP contribution is 2.05. The number of ketones is 1. The van der Waals surface area contributed by atoms with Crippen molar-refractivity contribution in [2.45, 2.75) is 13.3 Å². The third-order valence-corrected chi connectivity index (χ3v) is 1.65. The zero-order chi connectivity index (χ0) is 9.84. The van der Waals surface area contributed by atoms with Crippen LogP contribution in [0.3, 0.4) is 0 Å². The summed E-state index contributed by atoms with van der Waals surface area (Å²) in [6.07, 6.45) is 0.361. The average molecular weight is 178 g/mol. The Hall–Kier alpha value is -1.64. The van der Waals surface area contributed by atoms with Crippen molar-refractivity contribution in [2.24, 2.45) is 0 Å². The predicted octanol–water partition coefficient (Wildman–Crippen LogP) is 1.52. The van der Waals surface area contributed by atoms with Gasteiger partial charge in [0.05, 0.1) is 5.56 Å². The van der Waals surface area contributed by atoms with Crippen molar-refractivity contribution in [1.29, 1.82) is 0 Å². The van der Waals surface area contributed by atoms with E-state index in [9.17, 15) is 9.59 Å². The van der Waals surface area contributed by atoms with Crippen LogP contribution in [0.15, 0.2) is 24.3 Å². The van der Waals surface area contributed by atoms with Crippen LogP contribution in [0.4, 0.5) is 0 Å². The summed E-state index contributed by atoms with van der Waals surface area (Å²) < 4.78 is 0. The fourth-order valence-electron chi connectivity index (χ4n) is 1.05. The molecule has 3 heteroatoms. The van der Waals surface area contributed by atoms with Gasteiger partial charge < -0.3 is 5.11 Å². The fraction of sp³-hybridized carbons (Fsp3) is 0.200. The van der Waals surface area contributed by atoms with E-state index in [1.807, 2.05) is 0 Å². The summed E-state index contributed by atoms with van der Waals surface area (Å²) >= 11 is 0. The van der Waals surface area contributed by atoms with Gasteiger partial charge >= 0.3 is 5.97 Å². The minimum absolute atomic E-state index is 0.0723. The molecular weight excluding hydrogens is 168 g/mol. The van der Waals surface area contributed by atoms with Crippen molar-refractivity contribution in [3.05, 3.63) is 35.4 Å². The average Bonchev–Trinajstić information content (AvgIpc) is 2.04. The summed E-state index contributed by atoms with van der Waals surface area (Å²) in [5.41, 5.74) is 1.09. The van der Waals surface area contributed by atoms with Crippen molar-refractivity contribution in [2.75, 3.05) is 0 Å². The maximum Gasteiger partial charge on any atom is 0.335 e. The van der Waals surface area contributed by atoms with E-state index < -0.39 is 5.97 Å². The van der Waals surface area contributed by atoms with Crippen molar-refractivity contribution in [1.82, 2.24) is 0 Å². The number of benzene rings is 1. The van der Waals surface area contributed by atoms with Crippen LogP contribution in [0.1, 0.15) is 22.8 Å². The highest BCUT2D eigenvalue weighted by Gasteiger charge is 2.02. The van der Waals surface area contributed by atoms with Gasteiger partial charge in [0, 0.05) is 6.42 Å². The number of hydrogen-bond donors (Lipinski definition) is 1. The van der Waals surface area contributed by atoms with E-state index in [1.54, 1.807) is 12.1 Å².